The largest absolute Gasteiger partial charge is 0.507 e. The third-order valence-corrected chi connectivity index (χ3v) is 3.33. The standard InChI is InChI=1S/C14H18FNO2/c15-11-6-7-12(13(17)10-11)14(18)16-8-4-2-1-3-5-9-16/h6-7,10,17H,1-5,8-9H2. The van der Waals surface area contributed by atoms with E-state index < -0.39 is 5.82 Å². The maximum absolute atomic E-state index is 12.9. The molecule has 0 spiro atoms. The lowest BCUT2D eigenvalue weighted by molar-refractivity contribution is 0.0739. The molecule has 1 N–H and O–H groups in total. The van der Waals surface area contributed by atoms with Gasteiger partial charge in [0.05, 0.1) is 5.56 Å². The van der Waals surface area contributed by atoms with Crippen LogP contribution in [0, 0.1) is 5.82 Å². The number of rotatable bonds is 1. The fourth-order valence-corrected chi connectivity index (χ4v) is 2.31. The summed E-state index contributed by atoms with van der Waals surface area (Å²) in [6.45, 7) is 1.44. The molecule has 18 heavy (non-hydrogen) atoms. The van der Waals surface area contributed by atoms with E-state index in [9.17, 15) is 14.3 Å². The summed E-state index contributed by atoms with van der Waals surface area (Å²) >= 11 is 0. The molecule has 1 aliphatic rings. The smallest absolute Gasteiger partial charge is 0.257 e. The Labute approximate surface area is 106 Å². The van der Waals surface area contributed by atoms with Gasteiger partial charge in [-0.05, 0) is 25.0 Å². The summed E-state index contributed by atoms with van der Waals surface area (Å²) in [6, 6.07) is 3.54. The van der Waals surface area contributed by atoms with E-state index in [1.165, 1.54) is 18.6 Å². The van der Waals surface area contributed by atoms with Crippen molar-refractivity contribution in [3.8, 4) is 5.75 Å². The summed E-state index contributed by atoms with van der Waals surface area (Å²) in [5.74, 6) is -1.01. The zero-order valence-corrected chi connectivity index (χ0v) is 10.4. The van der Waals surface area contributed by atoms with Crippen LogP contribution in [0.2, 0.25) is 0 Å². The van der Waals surface area contributed by atoms with Crippen LogP contribution >= 0.6 is 0 Å². The number of phenols is 1. The molecular formula is C14H18FNO2. The number of carbonyl (C=O) groups is 1. The molecule has 0 bridgehead atoms. The lowest BCUT2D eigenvalue weighted by atomic mass is 10.1. The number of benzene rings is 1. The number of amides is 1. The molecule has 98 valence electrons. The average Bonchev–Trinajstić information content (AvgIpc) is 2.27. The van der Waals surface area contributed by atoms with Gasteiger partial charge in [0, 0.05) is 19.2 Å². The van der Waals surface area contributed by atoms with E-state index in [0.29, 0.717) is 0 Å². The van der Waals surface area contributed by atoms with Crippen molar-refractivity contribution in [1.29, 1.82) is 0 Å². The molecule has 4 heteroatoms. The first-order chi connectivity index (χ1) is 8.68. The van der Waals surface area contributed by atoms with Crippen molar-refractivity contribution in [3.05, 3.63) is 29.6 Å². The third-order valence-electron chi connectivity index (χ3n) is 3.33. The minimum atomic E-state index is -0.531. The number of halogens is 1. The van der Waals surface area contributed by atoms with Gasteiger partial charge in [-0.2, -0.15) is 0 Å². The Kier molecular flexibility index (Phi) is 4.18. The predicted molar refractivity (Wildman–Crippen MR) is 67.1 cm³/mol. The monoisotopic (exact) mass is 251 g/mol. The van der Waals surface area contributed by atoms with Crippen molar-refractivity contribution in [2.75, 3.05) is 13.1 Å². The van der Waals surface area contributed by atoms with Crippen molar-refractivity contribution < 1.29 is 14.3 Å². The SMILES string of the molecule is O=C(c1ccc(F)cc1O)N1CCCCCCC1. The lowest BCUT2D eigenvalue weighted by Gasteiger charge is -2.25. The first-order valence-corrected chi connectivity index (χ1v) is 6.46. The predicted octanol–water partition coefficient (Wildman–Crippen LogP) is 2.94. The van der Waals surface area contributed by atoms with Gasteiger partial charge >= 0.3 is 0 Å². The highest BCUT2D eigenvalue weighted by atomic mass is 19.1. The van der Waals surface area contributed by atoms with Crippen LogP contribution in [0.4, 0.5) is 4.39 Å². The molecule has 0 saturated carbocycles. The second kappa shape index (κ2) is 5.85. The summed E-state index contributed by atoms with van der Waals surface area (Å²) in [4.78, 5) is 14.0. The molecule has 0 radical (unpaired) electrons. The number of aromatic hydroxyl groups is 1. The highest BCUT2D eigenvalue weighted by Gasteiger charge is 2.19. The number of hydrogen-bond donors (Lipinski definition) is 1. The molecule has 1 aliphatic heterocycles. The maximum atomic E-state index is 12.9. The fourth-order valence-electron chi connectivity index (χ4n) is 2.31. The molecule has 0 atom stereocenters. The average molecular weight is 251 g/mol. The topological polar surface area (TPSA) is 40.5 Å². The van der Waals surface area contributed by atoms with Gasteiger partial charge in [0.1, 0.15) is 11.6 Å². The highest BCUT2D eigenvalue weighted by Crippen LogP contribution is 2.21. The van der Waals surface area contributed by atoms with Gasteiger partial charge in [-0.3, -0.25) is 4.79 Å². The molecule has 1 aromatic rings. The van der Waals surface area contributed by atoms with Crippen LogP contribution in [-0.2, 0) is 0 Å². The molecule has 0 aromatic heterocycles. The van der Waals surface area contributed by atoms with Crippen molar-refractivity contribution >= 4 is 5.91 Å². The van der Waals surface area contributed by atoms with Crippen LogP contribution in [0.1, 0.15) is 42.5 Å². The first-order valence-electron chi connectivity index (χ1n) is 6.46. The van der Waals surface area contributed by atoms with Gasteiger partial charge in [-0.1, -0.05) is 19.3 Å². The quantitative estimate of drug-likeness (QED) is 0.833. The van der Waals surface area contributed by atoms with E-state index in [1.54, 1.807) is 4.90 Å². The van der Waals surface area contributed by atoms with Crippen LogP contribution in [0.25, 0.3) is 0 Å². The number of phenolic OH excluding ortho intramolecular Hbond substituents is 1. The van der Waals surface area contributed by atoms with Gasteiger partial charge in [-0.15, -0.1) is 0 Å². The minimum absolute atomic E-state index is 0.192. The molecule has 1 saturated heterocycles. The number of likely N-dealkylation sites (tertiary alicyclic amines) is 1. The van der Waals surface area contributed by atoms with Crippen molar-refractivity contribution in [1.82, 2.24) is 4.90 Å². The molecule has 1 heterocycles. The number of carbonyl (C=O) groups excluding carboxylic acids is 1. The Bertz CT molecular complexity index is 426. The van der Waals surface area contributed by atoms with Crippen molar-refractivity contribution in [3.63, 3.8) is 0 Å². The molecule has 1 amide bonds. The maximum Gasteiger partial charge on any atom is 0.257 e. The van der Waals surface area contributed by atoms with Crippen LogP contribution < -0.4 is 0 Å². The van der Waals surface area contributed by atoms with Gasteiger partial charge in [-0.25, -0.2) is 4.39 Å². The second-order valence-electron chi connectivity index (χ2n) is 4.72. The Morgan fingerprint density at radius 2 is 1.72 bits per heavy atom. The molecule has 2 rings (SSSR count). The van der Waals surface area contributed by atoms with Gasteiger partial charge in [0.25, 0.3) is 5.91 Å². The highest BCUT2D eigenvalue weighted by molar-refractivity contribution is 5.96. The van der Waals surface area contributed by atoms with E-state index >= 15 is 0 Å². The van der Waals surface area contributed by atoms with Crippen LogP contribution in [0.15, 0.2) is 18.2 Å². The Balaban J connectivity index is 2.13. The van der Waals surface area contributed by atoms with E-state index in [2.05, 4.69) is 0 Å². The lowest BCUT2D eigenvalue weighted by Crippen LogP contribution is -2.33. The molecular weight excluding hydrogens is 233 g/mol. The summed E-state index contributed by atoms with van der Waals surface area (Å²) in [5, 5.41) is 9.63. The molecule has 3 nitrogen and oxygen atoms in total. The first kappa shape index (κ1) is 12.9. The van der Waals surface area contributed by atoms with E-state index in [1.807, 2.05) is 0 Å². The third kappa shape index (κ3) is 3.00. The molecule has 0 aliphatic carbocycles. The normalized spacial score (nSPS) is 17.1. The summed E-state index contributed by atoms with van der Waals surface area (Å²) < 4.78 is 12.9. The number of hydrogen-bond acceptors (Lipinski definition) is 2. The zero-order chi connectivity index (χ0) is 13.0. The molecule has 1 aromatic carbocycles. The van der Waals surface area contributed by atoms with E-state index in [0.717, 1.165) is 44.8 Å². The molecule has 1 fully saturated rings. The van der Waals surface area contributed by atoms with Crippen LogP contribution in [0.5, 0.6) is 5.75 Å². The van der Waals surface area contributed by atoms with E-state index in [-0.39, 0.29) is 17.2 Å². The minimum Gasteiger partial charge on any atom is -0.507 e. The summed E-state index contributed by atoms with van der Waals surface area (Å²) in [5.41, 5.74) is 0.192. The Morgan fingerprint density at radius 3 is 2.33 bits per heavy atom. The second-order valence-corrected chi connectivity index (χ2v) is 4.72. The zero-order valence-electron chi connectivity index (χ0n) is 10.4. The Hall–Kier alpha value is -1.58. The van der Waals surface area contributed by atoms with Gasteiger partial charge in [0.2, 0.25) is 0 Å². The van der Waals surface area contributed by atoms with Gasteiger partial charge in [0.15, 0.2) is 0 Å². The van der Waals surface area contributed by atoms with Gasteiger partial charge < -0.3 is 10.0 Å². The molecule has 0 unspecified atom stereocenters. The Morgan fingerprint density at radius 1 is 1.11 bits per heavy atom. The summed E-state index contributed by atoms with van der Waals surface area (Å²) in [7, 11) is 0. The van der Waals surface area contributed by atoms with Crippen LogP contribution in [-0.4, -0.2) is 29.0 Å². The van der Waals surface area contributed by atoms with E-state index in [4.69, 9.17) is 0 Å². The number of nitrogens with zero attached hydrogens (tertiary/aromatic N) is 1. The van der Waals surface area contributed by atoms with Crippen molar-refractivity contribution in [2.24, 2.45) is 0 Å². The fraction of sp³-hybridized carbons (Fsp3) is 0.500. The van der Waals surface area contributed by atoms with Crippen molar-refractivity contribution in [2.45, 2.75) is 32.1 Å². The summed E-state index contributed by atoms with van der Waals surface area (Å²) in [6.07, 6.45) is 5.49. The van der Waals surface area contributed by atoms with Crippen LogP contribution in [0.3, 0.4) is 0 Å².